The zero-order chi connectivity index (χ0) is 39.3. The molecule has 54 heavy (non-hydrogen) atoms. The Morgan fingerprint density at radius 2 is 0.778 bits per heavy atom. The summed E-state index contributed by atoms with van der Waals surface area (Å²) in [5, 5.41) is 8.85. The van der Waals surface area contributed by atoms with E-state index in [1.807, 2.05) is 0 Å². The quantitative estimate of drug-likeness (QED) is 0.0382. The van der Waals surface area contributed by atoms with Crippen LogP contribution in [0.2, 0.25) is 0 Å². The lowest BCUT2D eigenvalue weighted by molar-refractivity contribution is -0.150. The van der Waals surface area contributed by atoms with E-state index in [0.717, 1.165) is 103 Å². The summed E-state index contributed by atoms with van der Waals surface area (Å²) in [5.74, 6) is -0.721. The van der Waals surface area contributed by atoms with Gasteiger partial charge in [0.25, 0.3) is 0 Å². The first-order chi connectivity index (χ1) is 26.6. The van der Waals surface area contributed by atoms with Gasteiger partial charge in [-0.3, -0.25) is 9.59 Å². The van der Waals surface area contributed by atoms with Crippen molar-refractivity contribution < 1.29 is 19.4 Å². The molecule has 0 heterocycles. The molecular formula is C50H90O4. The summed E-state index contributed by atoms with van der Waals surface area (Å²) in [7, 11) is 0. The van der Waals surface area contributed by atoms with Gasteiger partial charge in [0, 0.05) is 12.8 Å². The van der Waals surface area contributed by atoms with Gasteiger partial charge < -0.3 is 9.84 Å². The number of hydrogen-bond acceptors (Lipinski definition) is 3. The second kappa shape index (κ2) is 45.3. The van der Waals surface area contributed by atoms with Crippen molar-refractivity contribution in [2.24, 2.45) is 0 Å². The van der Waals surface area contributed by atoms with E-state index in [1.54, 1.807) is 0 Å². The Kier molecular flexibility index (Phi) is 43.5. The van der Waals surface area contributed by atoms with Crippen molar-refractivity contribution in [2.45, 2.75) is 258 Å². The molecule has 0 amide bonds. The zero-order valence-electron chi connectivity index (χ0n) is 36.0. The first-order valence-electron chi connectivity index (χ1n) is 23.6. The van der Waals surface area contributed by atoms with Gasteiger partial charge in [0.05, 0.1) is 0 Å². The summed E-state index contributed by atoms with van der Waals surface area (Å²) in [4.78, 5) is 23.5. The normalized spacial score (nSPS) is 12.6. The molecule has 0 fully saturated rings. The van der Waals surface area contributed by atoms with E-state index in [2.05, 4.69) is 62.5 Å². The Balaban J connectivity index is 3.99. The fourth-order valence-corrected chi connectivity index (χ4v) is 7.12. The van der Waals surface area contributed by atoms with Crippen LogP contribution in [-0.4, -0.2) is 23.1 Å². The zero-order valence-corrected chi connectivity index (χ0v) is 36.0. The molecule has 0 bridgehead atoms. The number of esters is 1. The minimum absolute atomic E-state index is 0.0155. The first-order valence-corrected chi connectivity index (χ1v) is 23.6. The van der Waals surface area contributed by atoms with Gasteiger partial charge in [-0.15, -0.1) is 0 Å². The molecule has 1 atom stereocenters. The molecule has 4 nitrogen and oxygen atoms in total. The lowest BCUT2D eigenvalue weighted by Gasteiger charge is -2.18. The average Bonchev–Trinajstić information content (AvgIpc) is 3.16. The van der Waals surface area contributed by atoms with E-state index < -0.39 is 5.97 Å². The molecule has 0 aliphatic carbocycles. The molecule has 0 aliphatic heterocycles. The van der Waals surface area contributed by atoms with Crippen LogP contribution < -0.4 is 0 Å². The summed E-state index contributed by atoms with van der Waals surface area (Å²) < 4.78 is 6.02. The molecule has 0 rings (SSSR count). The molecule has 0 saturated carbocycles. The van der Waals surface area contributed by atoms with Gasteiger partial charge in [-0.05, 0) is 77.0 Å². The molecule has 1 N–H and O–H groups in total. The van der Waals surface area contributed by atoms with Crippen molar-refractivity contribution in [2.75, 3.05) is 0 Å². The summed E-state index contributed by atoms with van der Waals surface area (Å²) in [6.45, 7) is 4.45. The molecular weight excluding hydrogens is 665 g/mol. The van der Waals surface area contributed by atoms with Crippen molar-refractivity contribution in [3.63, 3.8) is 0 Å². The minimum atomic E-state index is -0.706. The summed E-state index contributed by atoms with van der Waals surface area (Å²) in [6.07, 6.45) is 61.6. The van der Waals surface area contributed by atoms with E-state index in [-0.39, 0.29) is 18.5 Å². The standard InChI is InChI=1S/C50H90O4/c1-3-5-7-9-11-13-15-17-19-20-21-22-23-24-26-28-30-32-34-39-43-47-50(53)54-48(45-41-37-35-38-42-46-49(51)52)44-40-36-33-31-29-27-25-18-16-14-12-10-8-6-4-2/h6,8,12,14,18,25,29,31,48H,3-5,7,9-11,13,15-17,19-24,26-28,30,32-47H2,1-2H3,(H,51,52)/b8-6-,14-12-,25-18-,31-29-. The highest BCUT2D eigenvalue weighted by atomic mass is 16.5. The summed E-state index contributed by atoms with van der Waals surface area (Å²) in [5.41, 5.74) is 0. The highest BCUT2D eigenvalue weighted by Gasteiger charge is 2.14. The monoisotopic (exact) mass is 755 g/mol. The molecule has 0 aromatic carbocycles. The maximum Gasteiger partial charge on any atom is 0.306 e. The highest BCUT2D eigenvalue weighted by Crippen LogP contribution is 2.19. The average molecular weight is 755 g/mol. The van der Waals surface area contributed by atoms with Gasteiger partial charge >= 0.3 is 11.9 Å². The number of carboxylic acid groups (broad SMARTS) is 1. The number of carboxylic acids is 1. The smallest absolute Gasteiger partial charge is 0.306 e. The Labute approximate surface area is 336 Å². The molecule has 314 valence electrons. The van der Waals surface area contributed by atoms with Crippen molar-refractivity contribution in [1.29, 1.82) is 0 Å². The van der Waals surface area contributed by atoms with Crippen molar-refractivity contribution in [3.05, 3.63) is 48.6 Å². The van der Waals surface area contributed by atoms with Crippen molar-refractivity contribution in [1.82, 2.24) is 0 Å². The largest absolute Gasteiger partial charge is 0.481 e. The number of rotatable bonds is 43. The van der Waals surface area contributed by atoms with E-state index in [0.29, 0.717) is 6.42 Å². The van der Waals surface area contributed by atoms with Crippen LogP contribution >= 0.6 is 0 Å². The van der Waals surface area contributed by atoms with Crippen molar-refractivity contribution in [3.8, 4) is 0 Å². The van der Waals surface area contributed by atoms with E-state index in [4.69, 9.17) is 9.84 Å². The molecule has 0 aliphatic rings. The molecule has 4 heteroatoms. The summed E-state index contributed by atoms with van der Waals surface area (Å²) in [6, 6.07) is 0. The second-order valence-electron chi connectivity index (χ2n) is 15.9. The molecule has 0 aromatic heterocycles. The second-order valence-corrected chi connectivity index (χ2v) is 15.9. The Morgan fingerprint density at radius 1 is 0.426 bits per heavy atom. The third-order valence-electron chi connectivity index (χ3n) is 10.6. The van der Waals surface area contributed by atoms with Gasteiger partial charge in [0.1, 0.15) is 6.10 Å². The number of carbonyl (C=O) groups excluding carboxylic acids is 1. The Morgan fingerprint density at radius 3 is 1.20 bits per heavy atom. The minimum Gasteiger partial charge on any atom is -0.481 e. The summed E-state index contributed by atoms with van der Waals surface area (Å²) >= 11 is 0. The number of hydrogen-bond donors (Lipinski definition) is 1. The number of allylic oxidation sites excluding steroid dienone is 8. The van der Waals surface area contributed by atoms with E-state index in [9.17, 15) is 9.59 Å². The van der Waals surface area contributed by atoms with Gasteiger partial charge in [-0.25, -0.2) is 0 Å². The van der Waals surface area contributed by atoms with E-state index in [1.165, 1.54) is 122 Å². The lowest BCUT2D eigenvalue weighted by Crippen LogP contribution is -2.18. The highest BCUT2D eigenvalue weighted by molar-refractivity contribution is 5.69. The predicted molar refractivity (Wildman–Crippen MR) is 236 cm³/mol. The third-order valence-corrected chi connectivity index (χ3v) is 10.6. The molecule has 0 radical (unpaired) electrons. The van der Waals surface area contributed by atoms with Gasteiger partial charge in [-0.2, -0.15) is 0 Å². The fourth-order valence-electron chi connectivity index (χ4n) is 7.12. The maximum absolute atomic E-state index is 12.8. The predicted octanol–water partition coefficient (Wildman–Crippen LogP) is 16.7. The number of ether oxygens (including phenoxy) is 1. The van der Waals surface area contributed by atoms with Crippen LogP contribution in [0.25, 0.3) is 0 Å². The lowest BCUT2D eigenvalue weighted by atomic mass is 10.0. The number of unbranched alkanes of at least 4 members (excludes halogenated alkanes) is 26. The van der Waals surface area contributed by atoms with Gasteiger partial charge in [0.15, 0.2) is 0 Å². The first kappa shape index (κ1) is 51.9. The Hall–Kier alpha value is -2.10. The molecule has 0 spiro atoms. The SMILES string of the molecule is CC/C=C\C/C=C\C/C=C\C/C=C\CCCCC(CCCCCCCC(=O)O)OC(=O)CCCCCCCCCCCCCCCCCCCCCCC. The fraction of sp³-hybridized carbons (Fsp3) is 0.800. The van der Waals surface area contributed by atoms with Gasteiger partial charge in [0.2, 0.25) is 0 Å². The van der Waals surface area contributed by atoms with Crippen LogP contribution in [0.15, 0.2) is 48.6 Å². The van der Waals surface area contributed by atoms with Crippen LogP contribution in [-0.2, 0) is 14.3 Å². The number of carbonyl (C=O) groups is 2. The third kappa shape index (κ3) is 44.3. The molecule has 0 aromatic rings. The van der Waals surface area contributed by atoms with Crippen LogP contribution in [0.4, 0.5) is 0 Å². The van der Waals surface area contributed by atoms with Crippen LogP contribution in [0, 0.1) is 0 Å². The van der Waals surface area contributed by atoms with Gasteiger partial charge in [-0.1, -0.05) is 210 Å². The Bertz CT molecular complexity index is 900. The van der Waals surface area contributed by atoms with Crippen LogP contribution in [0.5, 0.6) is 0 Å². The topological polar surface area (TPSA) is 63.6 Å². The van der Waals surface area contributed by atoms with Crippen molar-refractivity contribution >= 4 is 11.9 Å². The maximum atomic E-state index is 12.8. The number of aliphatic carboxylic acids is 1. The molecule has 0 saturated heterocycles. The van der Waals surface area contributed by atoms with Crippen LogP contribution in [0.3, 0.4) is 0 Å². The molecule has 1 unspecified atom stereocenters. The van der Waals surface area contributed by atoms with E-state index >= 15 is 0 Å². The van der Waals surface area contributed by atoms with Crippen LogP contribution in [0.1, 0.15) is 251 Å².